The van der Waals surface area contributed by atoms with E-state index >= 15 is 0 Å². The number of hydrogen-bond acceptors (Lipinski definition) is 4. The van der Waals surface area contributed by atoms with Gasteiger partial charge in [-0.25, -0.2) is 4.98 Å². The second-order valence-corrected chi connectivity index (χ2v) is 4.00. The van der Waals surface area contributed by atoms with Crippen LogP contribution in [0.1, 0.15) is 18.5 Å². The van der Waals surface area contributed by atoms with Gasteiger partial charge in [-0.15, -0.1) is 0 Å². The Labute approximate surface area is 106 Å². The quantitative estimate of drug-likeness (QED) is 0.898. The van der Waals surface area contributed by atoms with Gasteiger partial charge in [-0.05, 0) is 24.6 Å². The van der Waals surface area contributed by atoms with Crippen LogP contribution < -0.4 is 15.2 Å². The molecule has 0 spiro atoms. The summed E-state index contributed by atoms with van der Waals surface area (Å²) in [6.07, 6.45) is 1.72. The number of hydrogen-bond donors (Lipinski definition) is 1. The zero-order valence-corrected chi connectivity index (χ0v) is 10.5. The number of nitrogens with zero attached hydrogens (tertiary/aromatic N) is 1. The van der Waals surface area contributed by atoms with Crippen LogP contribution in [-0.2, 0) is 0 Å². The SMILES string of the molecule is COc1cccc(Oc2ccc(C(C)N)cn2)c1. The van der Waals surface area contributed by atoms with Crippen LogP contribution in [0.2, 0.25) is 0 Å². The molecular formula is C14H16N2O2. The minimum Gasteiger partial charge on any atom is -0.497 e. The van der Waals surface area contributed by atoms with Crippen LogP contribution in [-0.4, -0.2) is 12.1 Å². The van der Waals surface area contributed by atoms with Crippen molar-refractivity contribution in [3.63, 3.8) is 0 Å². The average molecular weight is 244 g/mol. The van der Waals surface area contributed by atoms with E-state index in [1.165, 1.54) is 0 Å². The Morgan fingerprint density at radius 3 is 2.56 bits per heavy atom. The van der Waals surface area contributed by atoms with Crippen molar-refractivity contribution < 1.29 is 9.47 Å². The van der Waals surface area contributed by atoms with Crippen LogP contribution in [0.25, 0.3) is 0 Å². The van der Waals surface area contributed by atoms with Gasteiger partial charge in [0, 0.05) is 24.4 Å². The Balaban J connectivity index is 2.13. The zero-order valence-electron chi connectivity index (χ0n) is 10.5. The third-order valence-corrected chi connectivity index (χ3v) is 2.55. The summed E-state index contributed by atoms with van der Waals surface area (Å²) in [7, 11) is 1.62. The van der Waals surface area contributed by atoms with Crippen molar-refractivity contribution in [2.24, 2.45) is 5.73 Å². The molecule has 1 heterocycles. The topological polar surface area (TPSA) is 57.4 Å². The van der Waals surface area contributed by atoms with Crippen molar-refractivity contribution in [1.29, 1.82) is 0 Å². The van der Waals surface area contributed by atoms with Crippen molar-refractivity contribution in [3.8, 4) is 17.4 Å². The first-order valence-corrected chi connectivity index (χ1v) is 5.72. The molecule has 18 heavy (non-hydrogen) atoms. The average Bonchev–Trinajstić information content (AvgIpc) is 2.39. The number of benzene rings is 1. The summed E-state index contributed by atoms with van der Waals surface area (Å²) in [4.78, 5) is 4.21. The van der Waals surface area contributed by atoms with Crippen LogP contribution in [0.4, 0.5) is 0 Å². The van der Waals surface area contributed by atoms with E-state index < -0.39 is 0 Å². The van der Waals surface area contributed by atoms with Gasteiger partial charge in [-0.3, -0.25) is 0 Å². The van der Waals surface area contributed by atoms with Crippen LogP contribution in [0.3, 0.4) is 0 Å². The van der Waals surface area contributed by atoms with Gasteiger partial charge in [-0.2, -0.15) is 0 Å². The molecule has 0 amide bonds. The van der Waals surface area contributed by atoms with Gasteiger partial charge in [0.2, 0.25) is 5.88 Å². The van der Waals surface area contributed by atoms with Gasteiger partial charge in [-0.1, -0.05) is 12.1 Å². The summed E-state index contributed by atoms with van der Waals surface area (Å²) in [6.45, 7) is 1.92. The van der Waals surface area contributed by atoms with Gasteiger partial charge in [0.15, 0.2) is 0 Å². The molecule has 0 aliphatic heterocycles. The first kappa shape index (κ1) is 12.4. The second-order valence-electron chi connectivity index (χ2n) is 4.00. The highest BCUT2D eigenvalue weighted by molar-refractivity contribution is 5.35. The molecule has 0 saturated heterocycles. The monoisotopic (exact) mass is 244 g/mol. The molecular weight excluding hydrogens is 228 g/mol. The Hall–Kier alpha value is -2.07. The largest absolute Gasteiger partial charge is 0.497 e. The predicted octanol–water partition coefficient (Wildman–Crippen LogP) is 2.90. The van der Waals surface area contributed by atoms with Gasteiger partial charge in [0.05, 0.1) is 7.11 Å². The Morgan fingerprint density at radius 2 is 1.94 bits per heavy atom. The molecule has 0 aliphatic rings. The normalized spacial score (nSPS) is 11.9. The summed E-state index contributed by atoms with van der Waals surface area (Å²) in [6, 6.07) is 11.1. The van der Waals surface area contributed by atoms with Crippen LogP contribution >= 0.6 is 0 Å². The van der Waals surface area contributed by atoms with Crippen molar-refractivity contribution in [3.05, 3.63) is 48.2 Å². The molecule has 0 fully saturated rings. The maximum Gasteiger partial charge on any atom is 0.219 e. The lowest BCUT2D eigenvalue weighted by Crippen LogP contribution is -2.05. The molecule has 2 rings (SSSR count). The molecule has 4 nitrogen and oxygen atoms in total. The van der Waals surface area contributed by atoms with E-state index in [9.17, 15) is 0 Å². The first-order chi connectivity index (χ1) is 8.69. The molecule has 94 valence electrons. The molecule has 0 bridgehead atoms. The maximum atomic E-state index is 5.76. The highest BCUT2D eigenvalue weighted by atomic mass is 16.5. The third kappa shape index (κ3) is 2.99. The molecule has 1 aromatic carbocycles. The fraction of sp³-hybridized carbons (Fsp3) is 0.214. The standard InChI is InChI=1S/C14H16N2O2/c1-10(15)11-6-7-14(16-9-11)18-13-5-3-4-12(8-13)17-2/h3-10H,15H2,1-2H3. The molecule has 1 unspecified atom stereocenters. The molecule has 0 aliphatic carbocycles. The molecule has 2 aromatic rings. The van der Waals surface area contributed by atoms with E-state index in [1.54, 1.807) is 25.4 Å². The minimum absolute atomic E-state index is 0.0247. The highest BCUT2D eigenvalue weighted by Gasteiger charge is 2.03. The van der Waals surface area contributed by atoms with Gasteiger partial charge >= 0.3 is 0 Å². The molecule has 1 atom stereocenters. The summed E-state index contributed by atoms with van der Waals surface area (Å²) in [5.74, 6) is 1.97. The number of rotatable bonds is 4. The first-order valence-electron chi connectivity index (χ1n) is 5.72. The van der Waals surface area contributed by atoms with Gasteiger partial charge in [0.25, 0.3) is 0 Å². The Kier molecular flexibility index (Phi) is 3.79. The lowest BCUT2D eigenvalue weighted by molar-refractivity contribution is 0.407. The molecule has 0 radical (unpaired) electrons. The number of pyridine rings is 1. The van der Waals surface area contributed by atoms with Crippen LogP contribution in [0.15, 0.2) is 42.6 Å². The Morgan fingerprint density at radius 1 is 1.17 bits per heavy atom. The molecule has 1 aromatic heterocycles. The Bertz CT molecular complexity index is 509. The van der Waals surface area contributed by atoms with E-state index in [-0.39, 0.29) is 6.04 Å². The fourth-order valence-corrected chi connectivity index (χ4v) is 1.51. The molecule has 2 N–H and O–H groups in total. The van der Waals surface area contributed by atoms with Crippen molar-refractivity contribution >= 4 is 0 Å². The fourth-order valence-electron chi connectivity index (χ4n) is 1.51. The summed E-state index contributed by atoms with van der Waals surface area (Å²) in [5.41, 5.74) is 6.74. The highest BCUT2D eigenvalue weighted by Crippen LogP contribution is 2.24. The van der Waals surface area contributed by atoms with Gasteiger partial charge in [0.1, 0.15) is 11.5 Å². The molecule has 4 heteroatoms. The number of ether oxygens (including phenoxy) is 2. The number of nitrogens with two attached hydrogens (primary N) is 1. The predicted molar refractivity (Wildman–Crippen MR) is 69.9 cm³/mol. The van der Waals surface area contributed by atoms with E-state index in [2.05, 4.69) is 4.98 Å². The van der Waals surface area contributed by atoms with Crippen LogP contribution in [0.5, 0.6) is 17.4 Å². The second kappa shape index (κ2) is 5.51. The maximum absolute atomic E-state index is 5.76. The third-order valence-electron chi connectivity index (χ3n) is 2.55. The van der Waals surface area contributed by atoms with Crippen molar-refractivity contribution in [2.75, 3.05) is 7.11 Å². The minimum atomic E-state index is -0.0247. The lowest BCUT2D eigenvalue weighted by atomic mass is 10.2. The number of methoxy groups -OCH3 is 1. The van der Waals surface area contributed by atoms with Crippen LogP contribution in [0, 0.1) is 0 Å². The van der Waals surface area contributed by atoms with E-state index in [1.807, 2.05) is 31.2 Å². The van der Waals surface area contributed by atoms with E-state index in [4.69, 9.17) is 15.2 Å². The summed E-state index contributed by atoms with van der Waals surface area (Å²) < 4.78 is 10.7. The summed E-state index contributed by atoms with van der Waals surface area (Å²) >= 11 is 0. The van der Waals surface area contributed by atoms with Gasteiger partial charge < -0.3 is 15.2 Å². The van der Waals surface area contributed by atoms with E-state index in [0.29, 0.717) is 11.6 Å². The van der Waals surface area contributed by atoms with E-state index in [0.717, 1.165) is 11.3 Å². The zero-order chi connectivity index (χ0) is 13.0. The molecule has 0 saturated carbocycles. The lowest BCUT2D eigenvalue weighted by Gasteiger charge is -2.08. The van der Waals surface area contributed by atoms with Crippen molar-refractivity contribution in [1.82, 2.24) is 4.98 Å². The smallest absolute Gasteiger partial charge is 0.219 e. The number of aromatic nitrogens is 1. The van der Waals surface area contributed by atoms with Crippen molar-refractivity contribution in [2.45, 2.75) is 13.0 Å². The summed E-state index contributed by atoms with van der Waals surface area (Å²) in [5, 5.41) is 0.